The topological polar surface area (TPSA) is 140 Å². The molecule has 3 amide bonds. The van der Waals surface area contributed by atoms with E-state index < -0.39 is 35.6 Å². The van der Waals surface area contributed by atoms with Gasteiger partial charge in [0, 0.05) is 53.5 Å². The smallest absolute Gasteiger partial charge is 0.414 e. The van der Waals surface area contributed by atoms with Crippen molar-refractivity contribution in [2.24, 2.45) is 0 Å². The van der Waals surface area contributed by atoms with Crippen LogP contribution in [-0.4, -0.2) is 96.2 Å². The summed E-state index contributed by atoms with van der Waals surface area (Å²) in [5, 5.41) is 14.4. The highest BCUT2D eigenvalue weighted by Crippen LogP contribution is 2.41. The van der Waals surface area contributed by atoms with E-state index in [1.54, 1.807) is 82.5 Å². The van der Waals surface area contributed by atoms with Crippen LogP contribution in [0.25, 0.3) is 40.6 Å². The SMILES string of the molecule is C.C=C(c1nn(-c2ccc(Cl)cc2Cl)c2c1CCN(C(=O)OC(C)(C)C)/C2=C\c1ccc(F)cc1)N1CCCCC1.COC(=O)N1CCc2c(C(=O)NC(C)c3ccccn3)nn(-c3ccc(Cl)cc3Cl)c2/C1=C/c1ccc(F)cc1. The summed E-state index contributed by atoms with van der Waals surface area (Å²) in [5.74, 6) is -1.14. The van der Waals surface area contributed by atoms with Crippen LogP contribution in [0.15, 0.2) is 116 Å². The number of ether oxygens (including phenoxy) is 2. The number of amides is 3. The number of carbonyl (C=O) groups is 3. The molecule has 1 fully saturated rings. The Morgan fingerprint density at radius 2 is 1.17 bits per heavy atom. The number of nitrogens with zero attached hydrogens (tertiary/aromatic N) is 8. The van der Waals surface area contributed by atoms with Gasteiger partial charge in [-0.1, -0.05) is 90.7 Å². The number of benzene rings is 4. The molecule has 1 N–H and O–H groups in total. The third-order valence-corrected chi connectivity index (χ3v) is 14.6. The number of methoxy groups -OCH3 is 1. The number of nitrogens with one attached hydrogen (secondary N) is 1. The molecule has 20 heteroatoms. The highest BCUT2D eigenvalue weighted by atomic mass is 35.5. The van der Waals surface area contributed by atoms with E-state index in [9.17, 15) is 23.2 Å². The number of aromatic nitrogens is 5. The van der Waals surface area contributed by atoms with Crippen molar-refractivity contribution in [3.8, 4) is 11.4 Å². The van der Waals surface area contributed by atoms with Gasteiger partial charge >= 0.3 is 12.2 Å². The average Bonchev–Trinajstić information content (AvgIpc) is 4.25. The minimum absolute atomic E-state index is 0. The largest absolute Gasteiger partial charge is 0.452 e. The zero-order valence-corrected chi connectivity index (χ0v) is 47.6. The normalized spacial score (nSPS) is 15.4. The van der Waals surface area contributed by atoms with E-state index >= 15 is 0 Å². The molecule has 14 nitrogen and oxygen atoms in total. The van der Waals surface area contributed by atoms with Gasteiger partial charge in [-0.3, -0.25) is 19.6 Å². The van der Waals surface area contributed by atoms with Crippen molar-refractivity contribution < 1.29 is 32.6 Å². The summed E-state index contributed by atoms with van der Waals surface area (Å²) in [5.41, 5.74) is 8.00. The Kier molecular flexibility index (Phi) is 18.8. The number of halogens is 6. The van der Waals surface area contributed by atoms with Crippen molar-refractivity contribution in [1.82, 2.24) is 44.6 Å². The molecule has 81 heavy (non-hydrogen) atoms. The highest BCUT2D eigenvalue weighted by molar-refractivity contribution is 6.36. The number of rotatable bonds is 9. The Morgan fingerprint density at radius 3 is 1.64 bits per heavy atom. The molecule has 0 saturated carbocycles. The summed E-state index contributed by atoms with van der Waals surface area (Å²) in [7, 11) is 1.29. The Balaban J connectivity index is 0.000000210. The van der Waals surface area contributed by atoms with Gasteiger partial charge in [0.1, 0.15) is 22.9 Å². The first-order valence-electron chi connectivity index (χ1n) is 25.9. The average molecular weight is 1180 g/mol. The Hall–Kier alpha value is -7.50. The van der Waals surface area contributed by atoms with E-state index in [-0.39, 0.29) is 25.5 Å². The monoisotopic (exact) mass is 1180 g/mol. The molecule has 0 bridgehead atoms. The number of pyridine rings is 1. The van der Waals surface area contributed by atoms with Crippen molar-refractivity contribution in [2.75, 3.05) is 33.3 Å². The van der Waals surface area contributed by atoms with Gasteiger partial charge in [0.2, 0.25) is 0 Å². The summed E-state index contributed by atoms with van der Waals surface area (Å²) < 4.78 is 41.6. The number of carbonyl (C=O) groups excluding carboxylic acids is 3. The molecule has 1 saturated heterocycles. The number of piperidine rings is 1. The van der Waals surface area contributed by atoms with Crippen LogP contribution in [0.3, 0.4) is 0 Å². The van der Waals surface area contributed by atoms with Crippen LogP contribution in [0.2, 0.25) is 20.1 Å². The second kappa shape index (κ2) is 25.5. The molecule has 1 atom stereocenters. The van der Waals surface area contributed by atoms with Gasteiger partial charge in [-0.25, -0.2) is 27.7 Å². The predicted octanol–water partition coefficient (Wildman–Crippen LogP) is 15.0. The van der Waals surface area contributed by atoms with Crippen molar-refractivity contribution in [2.45, 2.75) is 78.9 Å². The first kappa shape index (κ1) is 59.6. The van der Waals surface area contributed by atoms with Crippen LogP contribution in [-0.2, 0) is 22.3 Å². The van der Waals surface area contributed by atoms with Crippen LogP contribution in [0.1, 0.15) is 116 Å². The second-order valence-electron chi connectivity index (χ2n) is 20.2. The van der Waals surface area contributed by atoms with Gasteiger partial charge in [0.15, 0.2) is 5.69 Å². The van der Waals surface area contributed by atoms with Crippen molar-refractivity contribution in [3.63, 3.8) is 0 Å². The third-order valence-electron chi connectivity index (χ3n) is 13.5. The van der Waals surface area contributed by atoms with Crippen LogP contribution in [0.5, 0.6) is 0 Å². The molecule has 0 aliphatic carbocycles. The molecule has 10 rings (SSSR count). The van der Waals surface area contributed by atoms with E-state index in [4.69, 9.17) is 66.1 Å². The molecule has 3 aliphatic heterocycles. The van der Waals surface area contributed by atoms with Gasteiger partial charge in [-0.2, -0.15) is 10.2 Å². The van der Waals surface area contributed by atoms with Crippen molar-refractivity contribution in [1.29, 1.82) is 0 Å². The summed E-state index contributed by atoms with van der Waals surface area (Å²) >= 11 is 25.7. The third kappa shape index (κ3) is 13.5. The molecular weight excluding hydrogens is 1120 g/mol. The minimum atomic E-state index is -0.689. The lowest BCUT2D eigenvalue weighted by Crippen LogP contribution is -2.39. The zero-order chi connectivity index (χ0) is 57.0. The molecule has 0 radical (unpaired) electrons. The number of fused-ring (bicyclic) bond motifs is 2. The number of likely N-dealkylation sites (tertiary alicyclic amines) is 1. The fraction of sp³-hybridized carbons (Fsp3) is 0.279. The van der Waals surface area contributed by atoms with Gasteiger partial charge in [-0.15, -0.1) is 0 Å². The van der Waals surface area contributed by atoms with E-state index in [1.165, 1.54) is 47.4 Å². The molecule has 3 aromatic heterocycles. The molecule has 422 valence electrons. The van der Waals surface area contributed by atoms with E-state index in [0.29, 0.717) is 90.5 Å². The molecular formula is C61H61Cl4F2N9O5. The van der Waals surface area contributed by atoms with Crippen LogP contribution in [0, 0.1) is 11.6 Å². The molecule has 7 aromatic rings. The molecule has 6 heterocycles. The maximum atomic E-state index is 13.8. The van der Waals surface area contributed by atoms with Crippen molar-refractivity contribution >= 4 is 93.7 Å². The summed E-state index contributed by atoms with van der Waals surface area (Å²) in [6.45, 7) is 14.2. The standard InChI is InChI=1S/C31H33Cl2FN4O2.C29H24Cl2FN5O3.CH4/c1-20(36-15-6-5-7-16-36)28-24-14-17-37(30(39)40-31(2,3)4)27(18-21-8-11-23(34)12-9-21)29(24)38(35-28)26-13-10-22(32)19-25(26)33;1-17(23-5-3-4-13-33-23)34-28(38)26-21-12-14-36(29(39)40-2)25(15-18-6-9-20(32)10-7-18)27(21)37(35-26)24-11-8-19(30)16-22(24)31;/h8-13,18-19H,1,5-7,14-17H2,2-4H3;3-11,13,15-17H,12,14H2,1-2H3,(H,34,38);1H4/b27-18-;25-15-;. The number of hydrogen-bond acceptors (Lipinski definition) is 9. The zero-order valence-electron chi connectivity index (χ0n) is 44.6. The van der Waals surface area contributed by atoms with E-state index in [0.717, 1.165) is 48.4 Å². The maximum absolute atomic E-state index is 13.8. The molecule has 1 unspecified atom stereocenters. The lowest BCUT2D eigenvalue weighted by molar-refractivity contribution is 0.0350. The summed E-state index contributed by atoms with van der Waals surface area (Å²) in [6, 6.07) is 27.2. The first-order valence-corrected chi connectivity index (χ1v) is 27.4. The first-order chi connectivity index (χ1) is 38.3. The number of hydrogen-bond donors (Lipinski definition) is 1. The van der Waals surface area contributed by atoms with Gasteiger partial charge in [0.25, 0.3) is 5.91 Å². The predicted molar refractivity (Wildman–Crippen MR) is 316 cm³/mol. The Labute approximate surface area is 490 Å². The van der Waals surface area contributed by atoms with E-state index in [2.05, 4.69) is 21.8 Å². The lowest BCUT2D eigenvalue weighted by Gasteiger charge is -2.33. The highest BCUT2D eigenvalue weighted by Gasteiger charge is 2.38. The molecule has 3 aliphatic rings. The maximum Gasteiger partial charge on any atom is 0.414 e. The second-order valence-corrected chi connectivity index (χ2v) is 21.9. The van der Waals surface area contributed by atoms with Gasteiger partial charge < -0.3 is 19.7 Å². The molecule has 4 aromatic carbocycles. The Bertz CT molecular complexity index is 3540. The lowest BCUT2D eigenvalue weighted by atomic mass is 9.97. The Morgan fingerprint density at radius 1 is 0.679 bits per heavy atom. The van der Waals surface area contributed by atoms with Gasteiger partial charge in [-0.05, 0) is 156 Å². The molecule has 0 spiro atoms. The van der Waals surface area contributed by atoms with Crippen LogP contribution < -0.4 is 5.32 Å². The van der Waals surface area contributed by atoms with Gasteiger partial charge in [0.05, 0.1) is 68.7 Å². The quantitative estimate of drug-likeness (QED) is 0.150. The van der Waals surface area contributed by atoms with Crippen LogP contribution in [0.4, 0.5) is 18.4 Å². The van der Waals surface area contributed by atoms with E-state index in [1.807, 2.05) is 52.0 Å². The van der Waals surface area contributed by atoms with Crippen LogP contribution >= 0.6 is 46.4 Å². The fourth-order valence-electron chi connectivity index (χ4n) is 9.73. The minimum Gasteiger partial charge on any atom is -0.452 e. The summed E-state index contributed by atoms with van der Waals surface area (Å²) in [4.78, 5) is 49.7. The fourth-order valence-corrected chi connectivity index (χ4v) is 10.7. The summed E-state index contributed by atoms with van der Waals surface area (Å²) in [6.07, 6.45) is 8.43. The van der Waals surface area contributed by atoms with Crippen molar-refractivity contribution in [3.05, 3.63) is 198 Å².